The van der Waals surface area contributed by atoms with Gasteiger partial charge in [-0.3, -0.25) is 4.98 Å². The van der Waals surface area contributed by atoms with Crippen LogP contribution in [0.4, 0.5) is 0 Å². The molecule has 0 bridgehead atoms. The van der Waals surface area contributed by atoms with Crippen molar-refractivity contribution >= 4 is 22.2 Å². The largest absolute Gasteiger partial charge is 0.387 e. The lowest BCUT2D eigenvalue weighted by Gasteiger charge is -2.10. The van der Waals surface area contributed by atoms with Gasteiger partial charge >= 0.3 is 0 Å². The van der Waals surface area contributed by atoms with Crippen molar-refractivity contribution in [1.82, 2.24) is 4.98 Å². The third-order valence-electron chi connectivity index (χ3n) is 3.25. The molecular formula is C16H15NOS. The van der Waals surface area contributed by atoms with Crippen LogP contribution >= 0.6 is 11.3 Å². The molecule has 19 heavy (non-hydrogen) atoms. The molecule has 0 fully saturated rings. The summed E-state index contributed by atoms with van der Waals surface area (Å²) in [6, 6.07) is 14.0. The maximum absolute atomic E-state index is 10.2. The van der Waals surface area contributed by atoms with E-state index in [0.717, 1.165) is 23.0 Å². The highest BCUT2D eigenvalue weighted by Gasteiger charge is 2.10. The van der Waals surface area contributed by atoms with Crippen molar-refractivity contribution in [3.05, 3.63) is 64.5 Å². The van der Waals surface area contributed by atoms with Crippen molar-refractivity contribution in [3.8, 4) is 0 Å². The fourth-order valence-corrected chi connectivity index (χ4v) is 2.86. The minimum atomic E-state index is -0.496. The molecule has 0 radical (unpaired) electrons. The highest BCUT2D eigenvalue weighted by atomic mass is 32.1. The molecular weight excluding hydrogens is 254 g/mol. The van der Waals surface area contributed by atoms with Crippen molar-refractivity contribution in [1.29, 1.82) is 0 Å². The number of thiophene rings is 1. The molecule has 1 N–H and O–H groups in total. The number of aliphatic hydroxyl groups is 1. The summed E-state index contributed by atoms with van der Waals surface area (Å²) >= 11 is 1.69. The lowest BCUT2D eigenvalue weighted by molar-refractivity contribution is 0.163. The zero-order chi connectivity index (χ0) is 13.1. The number of benzene rings is 1. The molecule has 3 heteroatoms. The zero-order valence-electron chi connectivity index (χ0n) is 10.5. The quantitative estimate of drug-likeness (QED) is 0.777. The van der Waals surface area contributed by atoms with Gasteiger partial charge in [-0.1, -0.05) is 24.3 Å². The molecule has 2 heterocycles. The van der Waals surface area contributed by atoms with Crippen LogP contribution in [0.5, 0.6) is 0 Å². The summed E-state index contributed by atoms with van der Waals surface area (Å²) in [5.74, 6) is 0. The van der Waals surface area contributed by atoms with Crippen LogP contribution < -0.4 is 0 Å². The maximum Gasteiger partial charge on any atom is 0.0963 e. The Hall–Kier alpha value is -1.71. The van der Waals surface area contributed by atoms with Crippen LogP contribution in [0.1, 0.15) is 23.8 Å². The molecule has 0 saturated heterocycles. The summed E-state index contributed by atoms with van der Waals surface area (Å²) < 4.78 is 0. The van der Waals surface area contributed by atoms with Crippen molar-refractivity contribution in [3.63, 3.8) is 0 Å². The number of nitrogens with zero attached hydrogens (tertiary/aromatic N) is 1. The van der Waals surface area contributed by atoms with Gasteiger partial charge in [-0.25, -0.2) is 0 Å². The van der Waals surface area contributed by atoms with E-state index in [-0.39, 0.29) is 0 Å². The molecule has 0 aliphatic rings. The van der Waals surface area contributed by atoms with Crippen molar-refractivity contribution in [2.75, 3.05) is 0 Å². The van der Waals surface area contributed by atoms with Gasteiger partial charge in [0.1, 0.15) is 0 Å². The Balaban J connectivity index is 1.75. The minimum absolute atomic E-state index is 0.496. The highest BCUT2D eigenvalue weighted by molar-refractivity contribution is 7.07. The van der Waals surface area contributed by atoms with Crippen molar-refractivity contribution < 1.29 is 5.11 Å². The van der Waals surface area contributed by atoms with Gasteiger partial charge in [0.2, 0.25) is 0 Å². The van der Waals surface area contributed by atoms with Crippen LogP contribution in [0.2, 0.25) is 0 Å². The normalized spacial score (nSPS) is 12.7. The Morgan fingerprint density at radius 2 is 2.00 bits per heavy atom. The second kappa shape index (κ2) is 5.51. The number of hydrogen-bond acceptors (Lipinski definition) is 3. The third-order valence-corrected chi connectivity index (χ3v) is 3.98. The summed E-state index contributed by atoms with van der Waals surface area (Å²) in [5, 5.41) is 15.5. The molecule has 0 saturated carbocycles. The average molecular weight is 269 g/mol. The Kier molecular flexibility index (Phi) is 3.58. The molecule has 0 amide bonds. The number of para-hydroxylation sites is 1. The number of pyridine rings is 1. The van der Waals surface area contributed by atoms with E-state index >= 15 is 0 Å². The molecule has 2 aromatic heterocycles. The Morgan fingerprint density at radius 3 is 2.84 bits per heavy atom. The lowest BCUT2D eigenvalue weighted by Crippen LogP contribution is -2.02. The standard InChI is InChI=1S/C16H15NOS/c18-16(8-5-12-9-10-19-11-12)15-7-6-13-3-1-2-4-14(13)17-15/h1-4,6-7,9-11,16,18H,5,8H2. The minimum Gasteiger partial charge on any atom is -0.387 e. The molecule has 2 nitrogen and oxygen atoms in total. The Bertz CT molecular complexity index is 663. The molecule has 1 atom stereocenters. The zero-order valence-corrected chi connectivity index (χ0v) is 11.3. The van der Waals surface area contributed by atoms with Gasteiger partial charge < -0.3 is 5.11 Å². The first-order chi connectivity index (χ1) is 9.33. The van der Waals surface area contributed by atoms with E-state index in [1.54, 1.807) is 11.3 Å². The second-order valence-electron chi connectivity index (χ2n) is 4.61. The van der Waals surface area contributed by atoms with Crippen molar-refractivity contribution in [2.45, 2.75) is 18.9 Å². The highest BCUT2D eigenvalue weighted by Crippen LogP contribution is 2.21. The van der Waals surface area contributed by atoms with Crippen LogP contribution in [-0.4, -0.2) is 10.1 Å². The number of aromatic nitrogens is 1. The first kappa shape index (κ1) is 12.3. The van der Waals surface area contributed by atoms with E-state index in [1.807, 2.05) is 36.4 Å². The summed E-state index contributed by atoms with van der Waals surface area (Å²) in [7, 11) is 0. The van der Waals surface area contributed by atoms with Crippen LogP contribution in [0.15, 0.2) is 53.2 Å². The van der Waals surface area contributed by atoms with E-state index in [9.17, 15) is 5.11 Å². The predicted molar refractivity (Wildman–Crippen MR) is 79.3 cm³/mol. The third kappa shape index (κ3) is 2.83. The smallest absolute Gasteiger partial charge is 0.0963 e. The topological polar surface area (TPSA) is 33.1 Å². The van der Waals surface area contributed by atoms with E-state index in [4.69, 9.17) is 0 Å². The molecule has 0 spiro atoms. The molecule has 0 aliphatic carbocycles. The number of fused-ring (bicyclic) bond motifs is 1. The number of rotatable bonds is 4. The SMILES string of the molecule is OC(CCc1ccsc1)c1ccc2ccccc2n1. The van der Waals surface area contributed by atoms with Gasteiger partial charge in [-0.15, -0.1) is 0 Å². The van der Waals surface area contributed by atoms with Crippen LogP contribution in [0.25, 0.3) is 10.9 Å². The van der Waals surface area contributed by atoms with Crippen LogP contribution in [-0.2, 0) is 6.42 Å². The van der Waals surface area contributed by atoms with E-state index < -0.39 is 6.10 Å². The Labute approximate surface area is 116 Å². The monoisotopic (exact) mass is 269 g/mol. The Morgan fingerprint density at radius 1 is 1.11 bits per heavy atom. The van der Waals surface area contributed by atoms with Gasteiger partial charge in [0.15, 0.2) is 0 Å². The van der Waals surface area contributed by atoms with Crippen LogP contribution in [0, 0.1) is 0 Å². The maximum atomic E-state index is 10.2. The molecule has 3 aromatic rings. The molecule has 3 rings (SSSR count). The predicted octanol–water partition coefficient (Wildman–Crippen LogP) is 3.96. The molecule has 1 unspecified atom stereocenters. The molecule has 96 valence electrons. The number of aryl methyl sites for hydroxylation is 1. The first-order valence-electron chi connectivity index (χ1n) is 6.38. The van der Waals surface area contributed by atoms with E-state index in [2.05, 4.69) is 21.8 Å². The molecule has 1 aromatic carbocycles. The summed E-state index contributed by atoms with van der Waals surface area (Å²) in [6.07, 6.45) is 1.10. The van der Waals surface area contributed by atoms with Crippen LogP contribution in [0.3, 0.4) is 0 Å². The van der Waals surface area contributed by atoms with E-state index in [0.29, 0.717) is 6.42 Å². The fourth-order valence-electron chi connectivity index (χ4n) is 2.15. The summed E-state index contributed by atoms with van der Waals surface area (Å²) in [6.45, 7) is 0. The van der Waals surface area contributed by atoms with E-state index in [1.165, 1.54) is 5.56 Å². The number of hydrogen-bond donors (Lipinski definition) is 1. The summed E-state index contributed by atoms with van der Waals surface area (Å²) in [4.78, 5) is 4.53. The van der Waals surface area contributed by atoms with Gasteiger partial charge in [0.25, 0.3) is 0 Å². The first-order valence-corrected chi connectivity index (χ1v) is 7.32. The van der Waals surface area contributed by atoms with Gasteiger partial charge in [-0.05, 0) is 47.4 Å². The second-order valence-corrected chi connectivity index (χ2v) is 5.39. The number of aliphatic hydroxyl groups excluding tert-OH is 1. The lowest BCUT2D eigenvalue weighted by atomic mass is 10.1. The average Bonchev–Trinajstić information content (AvgIpc) is 2.97. The van der Waals surface area contributed by atoms with Gasteiger partial charge in [-0.2, -0.15) is 11.3 Å². The van der Waals surface area contributed by atoms with Gasteiger partial charge in [0, 0.05) is 5.39 Å². The molecule has 0 aliphatic heterocycles. The van der Waals surface area contributed by atoms with Crippen molar-refractivity contribution in [2.24, 2.45) is 0 Å². The summed E-state index contributed by atoms with van der Waals surface area (Å²) in [5.41, 5.74) is 2.98. The van der Waals surface area contributed by atoms with Gasteiger partial charge in [0.05, 0.1) is 17.3 Å². The fraction of sp³-hybridized carbons (Fsp3) is 0.188.